The van der Waals surface area contributed by atoms with Crippen LogP contribution < -0.4 is 11.5 Å². The second-order valence-corrected chi connectivity index (χ2v) is 7.49. The number of pyridine rings is 2. The number of carboxylic acids is 1. The summed E-state index contributed by atoms with van der Waals surface area (Å²) in [6.45, 7) is 3.09. The minimum absolute atomic E-state index is 0.0586. The number of hydrogen-bond donors (Lipinski definition) is 3. The predicted octanol–water partition coefficient (Wildman–Crippen LogP) is 2.35. The summed E-state index contributed by atoms with van der Waals surface area (Å²) in [5.74, 6) is -1.53. The van der Waals surface area contributed by atoms with E-state index in [0.717, 1.165) is 12.8 Å². The van der Waals surface area contributed by atoms with Gasteiger partial charge >= 0.3 is 11.9 Å². The van der Waals surface area contributed by atoms with E-state index in [1.54, 1.807) is 6.07 Å². The van der Waals surface area contributed by atoms with Gasteiger partial charge in [0.1, 0.15) is 5.41 Å². The molecule has 172 valence electrons. The Kier molecular flexibility index (Phi) is 9.08. The minimum Gasteiger partial charge on any atom is -0.478 e. The molecule has 1 aliphatic heterocycles. The third-order valence-corrected chi connectivity index (χ3v) is 4.85. The lowest BCUT2D eigenvalue weighted by Crippen LogP contribution is -2.36. The van der Waals surface area contributed by atoms with E-state index in [2.05, 4.69) is 9.97 Å². The third-order valence-electron chi connectivity index (χ3n) is 4.85. The number of hydrogen-bond acceptors (Lipinski definition) is 9. The smallest absolute Gasteiger partial charge is 0.337 e. The molecule has 0 saturated carbocycles. The van der Waals surface area contributed by atoms with Crippen LogP contribution in [-0.4, -0.2) is 52.6 Å². The number of nitrogens with zero attached hydrogens (tertiary/aromatic N) is 2. The molecule has 0 aromatic carbocycles. The molecule has 10 heteroatoms. The van der Waals surface area contributed by atoms with Crippen molar-refractivity contribution in [2.75, 3.05) is 31.3 Å². The zero-order valence-corrected chi connectivity index (χ0v) is 18.0. The van der Waals surface area contributed by atoms with Gasteiger partial charge in [0.15, 0.2) is 5.78 Å². The molecule has 5 N–H and O–H groups in total. The number of carboxylic acid groups (broad SMARTS) is 1. The van der Waals surface area contributed by atoms with E-state index in [4.69, 9.17) is 26.0 Å². The maximum absolute atomic E-state index is 12.4. The van der Waals surface area contributed by atoms with Crippen molar-refractivity contribution in [3.05, 3.63) is 48.0 Å². The number of esters is 1. The first kappa shape index (κ1) is 24.7. The van der Waals surface area contributed by atoms with Gasteiger partial charge in [-0.15, -0.1) is 0 Å². The molecule has 0 aliphatic carbocycles. The van der Waals surface area contributed by atoms with Gasteiger partial charge in [-0.25, -0.2) is 4.79 Å². The normalized spacial score (nSPS) is 17.2. The van der Waals surface area contributed by atoms with Crippen LogP contribution in [0.3, 0.4) is 0 Å². The summed E-state index contributed by atoms with van der Waals surface area (Å²) < 4.78 is 10.7. The Morgan fingerprint density at radius 3 is 2.22 bits per heavy atom. The summed E-state index contributed by atoms with van der Waals surface area (Å²) in [6, 6.07) is 2.93. The molecular formula is C22H28N4O6. The standard InChI is InChI=1S/C16H22N2O4.C6H6N2O2/c1-2-3-5-22-15(20)16(4-6-21-11-16)8-14(19)12-7-13(17)10-18-9-12;7-5-1-4(6(9)10)2-8-3-5/h7,9-10H,2-6,8,11,17H2,1H3;1-3H,7H2,(H,9,10)/t16-;/m0./s1. The number of anilines is 2. The highest BCUT2D eigenvalue weighted by molar-refractivity contribution is 5.99. The van der Waals surface area contributed by atoms with E-state index in [-0.39, 0.29) is 30.3 Å². The molecule has 32 heavy (non-hydrogen) atoms. The van der Waals surface area contributed by atoms with E-state index >= 15 is 0 Å². The zero-order valence-electron chi connectivity index (χ0n) is 18.0. The van der Waals surface area contributed by atoms with Gasteiger partial charge in [0.05, 0.1) is 30.2 Å². The number of unbranched alkanes of at least 4 members (excludes halogenated alkanes) is 1. The number of nitrogen functional groups attached to an aromatic ring is 2. The number of rotatable bonds is 8. The van der Waals surface area contributed by atoms with Crippen LogP contribution >= 0.6 is 0 Å². The van der Waals surface area contributed by atoms with Crippen molar-refractivity contribution >= 4 is 29.1 Å². The van der Waals surface area contributed by atoms with Crippen LogP contribution in [0.25, 0.3) is 0 Å². The van der Waals surface area contributed by atoms with Crippen molar-refractivity contribution in [1.82, 2.24) is 9.97 Å². The number of ether oxygens (including phenoxy) is 2. The molecule has 0 spiro atoms. The Morgan fingerprint density at radius 1 is 1.09 bits per heavy atom. The second-order valence-electron chi connectivity index (χ2n) is 7.49. The summed E-state index contributed by atoms with van der Waals surface area (Å²) in [6.07, 6.45) is 7.91. The van der Waals surface area contributed by atoms with Crippen molar-refractivity contribution in [3.63, 3.8) is 0 Å². The van der Waals surface area contributed by atoms with Crippen LogP contribution in [-0.2, 0) is 14.3 Å². The van der Waals surface area contributed by atoms with Gasteiger partial charge < -0.3 is 26.0 Å². The number of nitrogens with two attached hydrogens (primary N) is 2. The number of carbonyl (C=O) groups excluding carboxylic acids is 2. The lowest BCUT2D eigenvalue weighted by Gasteiger charge is -2.24. The van der Waals surface area contributed by atoms with E-state index in [9.17, 15) is 14.4 Å². The predicted molar refractivity (Wildman–Crippen MR) is 117 cm³/mol. The molecule has 1 saturated heterocycles. The Hall–Kier alpha value is -3.53. The van der Waals surface area contributed by atoms with E-state index in [1.807, 2.05) is 6.92 Å². The molecule has 1 aliphatic rings. The molecule has 10 nitrogen and oxygen atoms in total. The highest BCUT2D eigenvalue weighted by atomic mass is 16.5. The summed E-state index contributed by atoms with van der Waals surface area (Å²) in [5.41, 5.74) is 11.3. The van der Waals surface area contributed by atoms with Crippen molar-refractivity contribution in [3.8, 4) is 0 Å². The summed E-state index contributed by atoms with van der Waals surface area (Å²) in [7, 11) is 0. The lowest BCUT2D eigenvalue weighted by molar-refractivity contribution is -0.156. The number of aromatic carboxylic acids is 1. The average molecular weight is 444 g/mol. The lowest BCUT2D eigenvalue weighted by atomic mass is 9.81. The average Bonchev–Trinajstić information content (AvgIpc) is 3.24. The molecular weight excluding hydrogens is 416 g/mol. The number of carbonyl (C=O) groups is 3. The molecule has 3 heterocycles. The topological polar surface area (TPSA) is 168 Å². The van der Waals surface area contributed by atoms with Gasteiger partial charge in [0, 0.05) is 43.4 Å². The van der Waals surface area contributed by atoms with Crippen LogP contribution in [0, 0.1) is 5.41 Å². The third kappa shape index (κ3) is 7.02. The number of ketones is 1. The van der Waals surface area contributed by atoms with Gasteiger partial charge in [-0.3, -0.25) is 19.6 Å². The van der Waals surface area contributed by atoms with Crippen molar-refractivity contribution in [2.24, 2.45) is 5.41 Å². The van der Waals surface area contributed by atoms with Crippen LogP contribution in [0.1, 0.15) is 53.3 Å². The first-order chi connectivity index (χ1) is 15.3. The fourth-order valence-electron chi connectivity index (χ4n) is 3.04. The highest BCUT2D eigenvalue weighted by Gasteiger charge is 2.45. The molecule has 1 atom stereocenters. The van der Waals surface area contributed by atoms with Gasteiger partial charge in [-0.05, 0) is 25.0 Å². The molecule has 2 aromatic heterocycles. The van der Waals surface area contributed by atoms with Crippen LogP contribution in [0.15, 0.2) is 36.9 Å². The monoisotopic (exact) mass is 444 g/mol. The van der Waals surface area contributed by atoms with Crippen molar-refractivity contribution in [1.29, 1.82) is 0 Å². The number of aromatic nitrogens is 2. The van der Waals surface area contributed by atoms with E-state index < -0.39 is 11.4 Å². The molecule has 0 amide bonds. The first-order valence-electron chi connectivity index (χ1n) is 10.2. The van der Waals surface area contributed by atoms with Gasteiger partial charge in [-0.2, -0.15) is 0 Å². The Bertz CT molecular complexity index is 944. The van der Waals surface area contributed by atoms with Crippen LogP contribution in [0.4, 0.5) is 11.4 Å². The quantitative estimate of drug-likeness (QED) is 0.312. The van der Waals surface area contributed by atoms with Gasteiger partial charge in [0.2, 0.25) is 0 Å². The van der Waals surface area contributed by atoms with Crippen LogP contribution in [0.2, 0.25) is 0 Å². The van der Waals surface area contributed by atoms with Crippen molar-refractivity contribution in [2.45, 2.75) is 32.6 Å². The van der Waals surface area contributed by atoms with Gasteiger partial charge in [0.25, 0.3) is 0 Å². The van der Waals surface area contributed by atoms with E-state index in [1.165, 1.54) is 30.9 Å². The van der Waals surface area contributed by atoms with Gasteiger partial charge in [-0.1, -0.05) is 13.3 Å². The maximum Gasteiger partial charge on any atom is 0.337 e. The summed E-state index contributed by atoms with van der Waals surface area (Å²) in [4.78, 5) is 42.6. The fourth-order valence-corrected chi connectivity index (χ4v) is 3.04. The Balaban J connectivity index is 0.000000303. The highest BCUT2D eigenvalue weighted by Crippen LogP contribution is 2.35. The number of Topliss-reactive ketones (excluding diaryl/α,β-unsaturated/α-hetero) is 1. The molecule has 1 fully saturated rings. The van der Waals surface area contributed by atoms with Crippen molar-refractivity contribution < 1.29 is 29.0 Å². The Labute approximate surface area is 185 Å². The molecule has 2 aromatic rings. The maximum atomic E-state index is 12.4. The molecule has 0 radical (unpaired) electrons. The first-order valence-corrected chi connectivity index (χ1v) is 10.2. The Morgan fingerprint density at radius 2 is 1.72 bits per heavy atom. The SMILES string of the molecule is CCCCOC(=O)[C@]1(CC(=O)c2cncc(N)c2)CCOC1.Nc1cncc(C(=O)O)c1. The summed E-state index contributed by atoms with van der Waals surface area (Å²) in [5, 5.41) is 8.41. The minimum atomic E-state index is -1.01. The van der Waals surface area contributed by atoms with E-state index in [0.29, 0.717) is 36.6 Å². The fraction of sp³-hybridized carbons (Fsp3) is 0.409. The summed E-state index contributed by atoms with van der Waals surface area (Å²) >= 11 is 0. The zero-order chi connectivity index (χ0) is 23.6. The second kappa shape index (κ2) is 11.8. The molecule has 0 unspecified atom stereocenters. The van der Waals surface area contributed by atoms with Crippen LogP contribution in [0.5, 0.6) is 0 Å². The largest absolute Gasteiger partial charge is 0.478 e. The molecule has 3 rings (SSSR count). The molecule has 0 bridgehead atoms.